The van der Waals surface area contributed by atoms with Gasteiger partial charge in [0.25, 0.3) is 0 Å². The number of hydrogen-bond donors (Lipinski definition) is 1. The zero-order valence-electron chi connectivity index (χ0n) is 9.44. The van der Waals surface area contributed by atoms with Gasteiger partial charge in [0.05, 0.1) is 0 Å². The van der Waals surface area contributed by atoms with Crippen LogP contribution in [-0.4, -0.2) is 6.54 Å². The topological polar surface area (TPSA) is 12.0 Å². The Balaban J connectivity index is 2.42. The first kappa shape index (κ1) is 10.6. The Kier molecular flexibility index (Phi) is 2.79. The quantitative estimate of drug-likeness (QED) is 0.785. The van der Waals surface area contributed by atoms with E-state index in [0.717, 1.165) is 24.9 Å². The predicted molar refractivity (Wildman–Crippen MR) is 60.3 cm³/mol. The minimum atomic E-state index is -0.138. The summed E-state index contributed by atoms with van der Waals surface area (Å²) < 4.78 is 13.0. The molecule has 1 nitrogen and oxygen atoms in total. The van der Waals surface area contributed by atoms with Crippen molar-refractivity contribution in [3.63, 3.8) is 0 Å². The maximum atomic E-state index is 13.0. The van der Waals surface area contributed by atoms with Gasteiger partial charge in [0, 0.05) is 5.54 Å². The van der Waals surface area contributed by atoms with Gasteiger partial charge in [-0.25, -0.2) is 4.39 Å². The van der Waals surface area contributed by atoms with E-state index in [2.05, 4.69) is 12.2 Å². The lowest BCUT2D eigenvalue weighted by Gasteiger charge is -2.30. The molecule has 2 rings (SSSR count). The zero-order chi connectivity index (χ0) is 10.9. The van der Waals surface area contributed by atoms with Gasteiger partial charge in [-0.1, -0.05) is 13.0 Å². The third kappa shape index (κ3) is 1.78. The first-order valence-electron chi connectivity index (χ1n) is 5.69. The van der Waals surface area contributed by atoms with Crippen molar-refractivity contribution in [1.29, 1.82) is 0 Å². The van der Waals surface area contributed by atoms with Gasteiger partial charge in [-0.2, -0.15) is 0 Å². The van der Waals surface area contributed by atoms with Crippen LogP contribution in [0.5, 0.6) is 0 Å². The standard InChI is InChI=1S/C13H18FN/c1-3-13(7-4-8-15-13)12-6-5-11(14)9-10(12)2/h5-6,9,15H,3-4,7-8H2,1-2H3. The van der Waals surface area contributed by atoms with Crippen molar-refractivity contribution in [2.24, 2.45) is 0 Å². The first-order chi connectivity index (χ1) is 7.18. The molecule has 0 aromatic heterocycles. The average molecular weight is 207 g/mol. The number of benzene rings is 1. The molecule has 1 saturated heterocycles. The maximum absolute atomic E-state index is 13.0. The number of halogens is 1. The molecule has 1 aliphatic heterocycles. The summed E-state index contributed by atoms with van der Waals surface area (Å²) in [5.41, 5.74) is 2.42. The monoisotopic (exact) mass is 207 g/mol. The van der Waals surface area contributed by atoms with E-state index in [4.69, 9.17) is 0 Å². The Labute approximate surface area is 90.7 Å². The maximum Gasteiger partial charge on any atom is 0.123 e. The molecule has 82 valence electrons. The molecular weight excluding hydrogens is 189 g/mol. The molecule has 15 heavy (non-hydrogen) atoms. The van der Waals surface area contributed by atoms with E-state index >= 15 is 0 Å². The fraction of sp³-hybridized carbons (Fsp3) is 0.538. The van der Waals surface area contributed by atoms with Crippen LogP contribution in [0.15, 0.2) is 18.2 Å². The molecule has 1 aliphatic rings. The van der Waals surface area contributed by atoms with Gasteiger partial charge in [-0.05, 0) is 56.0 Å². The number of aryl methyl sites for hydroxylation is 1. The average Bonchev–Trinajstić information content (AvgIpc) is 2.67. The minimum Gasteiger partial charge on any atom is -0.307 e. The second kappa shape index (κ2) is 3.93. The highest BCUT2D eigenvalue weighted by atomic mass is 19.1. The Hall–Kier alpha value is -0.890. The normalized spacial score (nSPS) is 25.8. The molecule has 0 amide bonds. The predicted octanol–water partition coefficient (Wildman–Crippen LogP) is 3.12. The number of nitrogens with one attached hydrogen (secondary N) is 1. The first-order valence-corrected chi connectivity index (χ1v) is 5.69. The van der Waals surface area contributed by atoms with E-state index in [1.165, 1.54) is 12.0 Å². The molecule has 1 heterocycles. The van der Waals surface area contributed by atoms with Crippen molar-refractivity contribution in [2.45, 2.75) is 38.6 Å². The van der Waals surface area contributed by atoms with Crippen molar-refractivity contribution in [3.05, 3.63) is 35.1 Å². The van der Waals surface area contributed by atoms with Crippen molar-refractivity contribution in [2.75, 3.05) is 6.54 Å². The third-order valence-corrected chi connectivity index (χ3v) is 3.55. The van der Waals surface area contributed by atoms with Gasteiger partial charge < -0.3 is 5.32 Å². The van der Waals surface area contributed by atoms with E-state index < -0.39 is 0 Å². The second-order valence-corrected chi connectivity index (χ2v) is 4.43. The molecule has 0 bridgehead atoms. The van der Waals surface area contributed by atoms with Gasteiger partial charge in [-0.3, -0.25) is 0 Å². The molecule has 0 radical (unpaired) electrons. The van der Waals surface area contributed by atoms with Crippen molar-refractivity contribution >= 4 is 0 Å². The highest BCUT2D eigenvalue weighted by Crippen LogP contribution is 2.35. The highest BCUT2D eigenvalue weighted by Gasteiger charge is 2.34. The Morgan fingerprint density at radius 2 is 2.27 bits per heavy atom. The summed E-state index contributed by atoms with van der Waals surface area (Å²) >= 11 is 0. The molecule has 0 saturated carbocycles. The summed E-state index contributed by atoms with van der Waals surface area (Å²) in [7, 11) is 0. The molecule has 1 fully saturated rings. The molecule has 1 aromatic carbocycles. The molecule has 1 aromatic rings. The molecule has 1 N–H and O–H groups in total. The molecule has 1 atom stereocenters. The molecule has 0 spiro atoms. The van der Waals surface area contributed by atoms with E-state index in [-0.39, 0.29) is 11.4 Å². The van der Waals surface area contributed by atoms with E-state index in [1.807, 2.05) is 13.0 Å². The lowest BCUT2D eigenvalue weighted by atomic mass is 9.83. The molecule has 2 heteroatoms. The Morgan fingerprint density at radius 1 is 1.47 bits per heavy atom. The van der Waals surface area contributed by atoms with Gasteiger partial charge in [0.1, 0.15) is 5.82 Å². The number of rotatable bonds is 2. The minimum absolute atomic E-state index is 0.0950. The van der Waals surface area contributed by atoms with Crippen molar-refractivity contribution in [1.82, 2.24) is 5.32 Å². The summed E-state index contributed by atoms with van der Waals surface area (Å²) in [6.07, 6.45) is 3.44. The number of hydrogen-bond acceptors (Lipinski definition) is 1. The summed E-state index contributed by atoms with van der Waals surface area (Å²) in [6.45, 7) is 5.27. The highest BCUT2D eigenvalue weighted by molar-refractivity contribution is 5.34. The summed E-state index contributed by atoms with van der Waals surface area (Å²) in [4.78, 5) is 0. The Bertz CT molecular complexity index is 354. The lowest BCUT2D eigenvalue weighted by Crippen LogP contribution is -2.36. The SMILES string of the molecule is CCC1(c2ccc(F)cc2C)CCCN1. The summed E-state index contributed by atoms with van der Waals surface area (Å²) in [5, 5.41) is 3.57. The summed E-state index contributed by atoms with van der Waals surface area (Å²) in [6, 6.07) is 5.14. The third-order valence-electron chi connectivity index (χ3n) is 3.55. The van der Waals surface area contributed by atoms with Crippen LogP contribution in [0.1, 0.15) is 37.3 Å². The molecule has 1 unspecified atom stereocenters. The van der Waals surface area contributed by atoms with Crippen LogP contribution in [0.4, 0.5) is 4.39 Å². The van der Waals surface area contributed by atoms with Crippen LogP contribution in [0.3, 0.4) is 0 Å². The molecule has 0 aliphatic carbocycles. The van der Waals surface area contributed by atoms with Crippen LogP contribution >= 0.6 is 0 Å². The fourth-order valence-corrected chi connectivity index (χ4v) is 2.69. The second-order valence-electron chi connectivity index (χ2n) is 4.43. The smallest absolute Gasteiger partial charge is 0.123 e. The Morgan fingerprint density at radius 3 is 2.80 bits per heavy atom. The van der Waals surface area contributed by atoms with E-state index in [0.29, 0.717) is 0 Å². The van der Waals surface area contributed by atoms with Gasteiger partial charge >= 0.3 is 0 Å². The van der Waals surface area contributed by atoms with Crippen LogP contribution < -0.4 is 5.32 Å². The van der Waals surface area contributed by atoms with Crippen molar-refractivity contribution < 1.29 is 4.39 Å². The van der Waals surface area contributed by atoms with Crippen LogP contribution in [0.2, 0.25) is 0 Å². The van der Waals surface area contributed by atoms with Crippen LogP contribution in [0, 0.1) is 12.7 Å². The van der Waals surface area contributed by atoms with Crippen LogP contribution in [-0.2, 0) is 5.54 Å². The summed E-state index contributed by atoms with van der Waals surface area (Å²) in [5.74, 6) is -0.138. The molecular formula is C13H18FN. The largest absolute Gasteiger partial charge is 0.307 e. The van der Waals surface area contributed by atoms with E-state index in [9.17, 15) is 4.39 Å². The van der Waals surface area contributed by atoms with Gasteiger partial charge in [0.2, 0.25) is 0 Å². The van der Waals surface area contributed by atoms with Gasteiger partial charge in [0.15, 0.2) is 0 Å². The van der Waals surface area contributed by atoms with Gasteiger partial charge in [-0.15, -0.1) is 0 Å². The fourth-order valence-electron chi connectivity index (χ4n) is 2.69. The van der Waals surface area contributed by atoms with E-state index in [1.54, 1.807) is 12.1 Å². The van der Waals surface area contributed by atoms with Crippen molar-refractivity contribution in [3.8, 4) is 0 Å². The zero-order valence-corrected chi connectivity index (χ0v) is 9.44. The van der Waals surface area contributed by atoms with Crippen LogP contribution in [0.25, 0.3) is 0 Å². The lowest BCUT2D eigenvalue weighted by molar-refractivity contribution is 0.373.